The number of carbonyl (C=O) groups is 3. The molecule has 0 aromatic heterocycles. The molecule has 0 saturated heterocycles. The summed E-state index contributed by atoms with van der Waals surface area (Å²) in [6.45, 7) is 5.91. The molecular weight excluding hydrogens is 332 g/mol. The molecule has 1 aromatic rings. The number of ether oxygens (including phenoxy) is 1. The second-order valence-electron chi connectivity index (χ2n) is 6.34. The SMILES string of the molecule is COC(=O)c1cc(NC(=O)CCCNC(=O)C(C)(C)C)ccc1Cl. The van der Waals surface area contributed by atoms with Crippen molar-refractivity contribution in [3.05, 3.63) is 28.8 Å². The van der Waals surface area contributed by atoms with Crippen LogP contribution in [0, 0.1) is 5.41 Å². The van der Waals surface area contributed by atoms with E-state index in [0.29, 0.717) is 18.7 Å². The van der Waals surface area contributed by atoms with Gasteiger partial charge >= 0.3 is 5.97 Å². The maximum Gasteiger partial charge on any atom is 0.339 e. The first-order valence-electron chi connectivity index (χ1n) is 7.61. The van der Waals surface area contributed by atoms with Gasteiger partial charge in [0.25, 0.3) is 0 Å². The number of amides is 2. The summed E-state index contributed by atoms with van der Waals surface area (Å²) in [4.78, 5) is 35.2. The highest BCUT2D eigenvalue weighted by atomic mass is 35.5. The van der Waals surface area contributed by atoms with Crippen molar-refractivity contribution < 1.29 is 19.1 Å². The molecule has 7 heteroatoms. The Bertz CT molecular complexity index is 624. The van der Waals surface area contributed by atoms with Crippen LogP contribution in [0.3, 0.4) is 0 Å². The number of methoxy groups -OCH3 is 1. The van der Waals surface area contributed by atoms with Gasteiger partial charge in [0.1, 0.15) is 0 Å². The summed E-state index contributed by atoms with van der Waals surface area (Å²) in [5, 5.41) is 5.73. The molecule has 0 saturated carbocycles. The van der Waals surface area contributed by atoms with E-state index < -0.39 is 11.4 Å². The van der Waals surface area contributed by atoms with Crippen molar-refractivity contribution in [2.75, 3.05) is 19.0 Å². The molecule has 6 nitrogen and oxygen atoms in total. The van der Waals surface area contributed by atoms with E-state index in [1.54, 1.807) is 6.07 Å². The number of nitrogens with one attached hydrogen (secondary N) is 2. The number of rotatable bonds is 6. The third-order valence-electron chi connectivity index (χ3n) is 3.20. The smallest absolute Gasteiger partial charge is 0.339 e. The third-order valence-corrected chi connectivity index (χ3v) is 3.53. The van der Waals surface area contributed by atoms with Crippen LogP contribution in [0.15, 0.2) is 18.2 Å². The van der Waals surface area contributed by atoms with E-state index in [1.165, 1.54) is 19.2 Å². The van der Waals surface area contributed by atoms with E-state index in [4.69, 9.17) is 11.6 Å². The lowest BCUT2D eigenvalue weighted by molar-refractivity contribution is -0.128. The van der Waals surface area contributed by atoms with Crippen molar-refractivity contribution in [2.24, 2.45) is 5.41 Å². The van der Waals surface area contributed by atoms with Crippen LogP contribution < -0.4 is 10.6 Å². The molecule has 0 unspecified atom stereocenters. The molecule has 0 aliphatic carbocycles. The first-order chi connectivity index (χ1) is 11.1. The number of benzene rings is 1. The maximum atomic E-state index is 11.9. The number of hydrogen-bond donors (Lipinski definition) is 2. The molecule has 0 aliphatic heterocycles. The van der Waals surface area contributed by atoms with Crippen LogP contribution >= 0.6 is 11.6 Å². The van der Waals surface area contributed by atoms with Crippen molar-refractivity contribution >= 4 is 35.1 Å². The average Bonchev–Trinajstić information content (AvgIpc) is 2.51. The Labute approximate surface area is 146 Å². The normalized spacial score (nSPS) is 10.9. The number of carbonyl (C=O) groups excluding carboxylic acids is 3. The highest BCUT2D eigenvalue weighted by Crippen LogP contribution is 2.21. The van der Waals surface area contributed by atoms with Gasteiger partial charge in [0, 0.05) is 24.1 Å². The molecule has 2 amide bonds. The van der Waals surface area contributed by atoms with E-state index in [-0.39, 0.29) is 28.8 Å². The van der Waals surface area contributed by atoms with Gasteiger partial charge < -0.3 is 15.4 Å². The zero-order valence-electron chi connectivity index (χ0n) is 14.4. The number of halogens is 1. The average molecular weight is 355 g/mol. The van der Waals surface area contributed by atoms with Crippen molar-refractivity contribution in [2.45, 2.75) is 33.6 Å². The second kappa shape index (κ2) is 8.68. The molecule has 0 aliphatic rings. The number of anilines is 1. The van der Waals surface area contributed by atoms with Gasteiger partial charge in [-0.2, -0.15) is 0 Å². The fourth-order valence-corrected chi connectivity index (χ4v) is 2.00. The zero-order chi connectivity index (χ0) is 18.3. The molecule has 0 atom stereocenters. The maximum absolute atomic E-state index is 11.9. The zero-order valence-corrected chi connectivity index (χ0v) is 15.1. The number of esters is 1. The van der Waals surface area contributed by atoms with Crippen molar-refractivity contribution in [3.63, 3.8) is 0 Å². The van der Waals surface area contributed by atoms with Gasteiger partial charge in [-0.1, -0.05) is 32.4 Å². The molecule has 0 radical (unpaired) electrons. The monoisotopic (exact) mass is 354 g/mol. The quantitative estimate of drug-likeness (QED) is 0.607. The van der Waals surface area contributed by atoms with Gasteiger partial charge in [0.05, 0.1) is 17.7 Å². The standard InChI is InChI=1S/C17H23ClN2O4/c1-17(2,3)16(23)19-9-5-6-14(21)20-11-7-8-13(18)12(10-11)15(22)24-4/h7-8,10H,5-6,9H2,1-4H3,(H,19,23)(H,20,21). The minimum absolute atomic E-state index is 0.0525. The largest absolute Gasteiger partial charge is 0.465 e. The molecule has 1 rings (SSSR count). The van der Waals surface area contributed by atoms with Crippen LogP contribution in [0.4, 0.5) is 5.69 Å². The lowest BCUT2D eigenvalue weighted by atomic mass is 9.96. The van der Waals surface area contributed by atoms with Crippen LogP contribution in [0.5, 0.6) is 0 Å². The van der Waals surface area contributed by atoms with Gasteiger partial charge in [-0.15, -0.1) is 0 Å². The van der Waals surface area contributed by atoms with Gasteiger partial charge in [-0.25, -0.2) is 4.79 Å². The molecule has 0 fully saturated rings. The molecule has 132 valence electrons. The molecule has 2 N–H and O–H groups in total. The van der Waals surface area contributed by atoms with Crippen molar-refractivity contribution in [3.8, 4) is 0 Å². The molecule has 24 heavy (non-hydrogen) atoms. The van der Waals surface area contributed by atoms with Gasteiger partial charge in [-0.3, -0.25) is 9.59 Å². The van der Waals surface area contributed by atoms with E-state index in [0.717, 1.165) is 0 Å². The minimum Gasteiger partial charge on any atom is -0.465 e. The van der Waals surface area contributed by atoms with Gasteiger partial charge in [0.15, 0.2) is 0 Å². The Kier molecular flexibility index (Phi) is 7.22. The molecule has 0 heterocycles. The Morgan fingerprint density at radius 1 is 1.21 bits per heavy atom. The predicted molar refractivity (Wildman–Crippen MR) is 93.1 cm³/mol. The highest BCUT2D eigenvalue weighted by molar-refractivity contribution is 6.33. The number of hydrogen-bond acceptors (Lipinski definition) is 4. The summed E-state index contributed by atoms with van der Waals surface area (Å²) in [7, 11) is 1.26. The van der Waals surface area contributed by atoms with Gasteiger partial charge in [0.2, 0.25) is 11.8 Å². The van der Waals surface area contributed by atoms with Crippen LogP contribution in [0.2, 0.25) is 5.02 Å². The third kappa shape index (κ3) is 6.20. The Morgan fingerprint density at radius 3 is 2.46 bits per heavy atom. The van der Waals surface area contributed by atoms with E-state index in [2.05, 4.69) is 15.4 Å². The molecule has 1 aromatic carbocycles. The summed E-state index contributed by atoms with van der Waals surface area (Å²) >= 11 is 5.92. The van der Waals surface area contributed by atoms with Crippen molar-refractivity contribution in [1.29, 1.82) is 0 Å². The predicted octanol–water partition coefficient (Wildman–Crippen LogP) is 3.01. The van der Waals surface area contributed by atoms with Crippen molar-refractivity contribution in [1.82, 2.24) is 5.32 Å². The van der Waals surface area contributed by atoms with E-state index in [1.807, 2.05) is 20.8 Å². The van der Waals surface area contributed by atoms with Gasteiger partial charge in [-0.05, 0) is 24.6 Å². The van der Waals surface area contributed by atoms with Crippen LogP contribution in [0.1, 0.15) is 44.0 Å². The summed E-state index contributed by atoms with van der Waals surface area (Å²) < 4.78 is 4.63. The molecule has 0 spiro atoms. The molecular formula is C17H23ClN2O4. The first kappa shape index (κ1) is 20.0. The fraction of sp³-hybridized carbons (Fsp3) is 0.471. The van der Waals surface area contributed by atoms with E-state index in [9.17, 15) is 14.4 Å². The summed E-state index contributed by atoms with van der Waals surface area (Å²) in [5.74, 6) is -0.831. The fourth-order valence-electron chi connectivity index (χ4n) is 1.81. The summed E-state index contributed by atoms with van der Waals surface area (Å²) in [5.41, 5.74) is 0.202. The van der Waals surface area contributed by atoms with Crippen LogP contribution in [-0.2, 0) is 14.3 Å². The molecule has 0 bridgehead atoms. The Morgan fingerprint density at radius 2 is 1.88 bits per heavy atom. The highest BCUT2D eigenvalue weighted by Gasteiger charge is 2.20. The first-order valence-corrected chi connectivity index (χ1v) is 7.99. The summed E-state index contributed by atoms with van der Waals surface area (Å²) in [6, 6.07) is 4.59. The van der Waals surface area contributed by atoms with E-state index >= 15 is 0 Å². The minimum atomic E-state index is -0.569. The Hall–Kier alpha value is -2.08. The van der Waals surface area contributed by atoms with Crippen LogP contribution in [-0.4, -0.2) is 31.4 Å². The Balaban J connectivity index is 2.49. The lowest BCUT2D eigenvalue weighted by Crippen LogP contribution is -2.35. The lowest BCUT2D eigenvalue weighted by Gasteiger charge is -2.17. The topological polar surface area (TPSA) is 84.5 Å². The second-order valence-corrected chi connectivity index (χ2v) is 6.75. The summed E-state index contributed by atoms with van der Waals surface area (Å²) in [6.07, 6.45) is 0.770. The van der Waals surface area contributed by atoms with Crippen LogP contribution in [0.25, 0.3) is 0 Å².